The summed E-state index contributed by atoms with van der Waals surface area (Å²) in [6.45, 7) is 3.87. The Hall–Kier alpha value is -1.46. The van der Waals surface area contributed by atoms with E-state index in [1.807, 2.05) is 19.1 Å². The van der Waals surface area contributed by atoms with Crippen LogP contribution in [0.3, 0.4) is 0 Å². The Kier molecular flexibility index (Phi) is 3.48. The molecule has 86 valence electrons. The zero-order chi connectivity index (χ0) is 11.4. The third-order valence-electron chi connectivity index (χ3n) is 2.39. The first-order valence-electron chi connectivity index (χ1n) is 5.31. The number of hydrogen-bond donors (Lipinski definition) is 2. The SMILES string of the molecule is Cc1ccnc(NC(=O)C2CNCCO2)c1. The molecule has 1 aliphatic heterocycles. The fourth-order valence-electron chi connectivity index (χ4n) is 1.55. The van der Waals surface area contributed by atoms with Crippen LogP contribution in [-0.4, -0.2) is 36.7 Å². The molecule has 1 saturated heterocycles. The molecule has 16 heavy (non-hydrogen) atoms. The van der Waals surface area contributed by atoms with E-state index in [1.165, 1.54) is 0 Å². The molecule has 0 aromatic carbocycles. The molecule has 5 nitrogen and oxygen atoms in total. The van der Waals surface area contributed by atoms with E-state index in [0.29, 0.717) is 19.0 Å². The lowest BCUT2D eigenvalue weighted by Gasteiger charge is -2.22. The van der Waals surface area contributed by atoms with E-state index in [-0.39, 0.29) is 5.91 Å². The third-order valence-corrected chi connectivity index (χ3v) is 2.39. The quantitative estimate of drug-likeness (QED) is 0.754. The zero-order valence-corrected chi connectivity index (χ0v) is 9.19. The van der Waals surface area contributed by atoms with E-state index >= 15 is 0 Å². The molecule has 1 aromatic heterocycles. The van der Waals surface area contributed by atoms with Gasteiger partial charge in [-0.15, -0.1) is 0 Å². The van der Waals surface area contributed by atoms with Crippen LogP contribution in [0.15, 0.2) is 18.3 Å². The molecule has 2 N–H and O–H groups in total. The van der Waals surface area contributed by atoms with E-state index in [9.17, 15) is 4.79 Å². The first-order valence-corrected chi connectivity index (χ1v) is 5.31. The van der Waals surface area contributed by atoms with Crippen molar-refractivity contribution in [1.29, 1.82) is 0 Å². The second-order valence-corrected chi connectivity index (χ2v) is 3.77. The van der Waals surface area contributed by atoms with Gasteiger partial charge < -0.3 is 15.4 Å². The smallest absolute Gasteiger partial charge is 0.255 e. The minimum absolute atomic E-state index is 0.148. The molecule has 2 rings (SSSR count). The molecule has 2 heterocycles. The van der Waals surface area contributed by atoms with Gasteiger partial charge in [-0.05, 0) is 24.6 Å². The van der Waals surface area contributed by atoms with Gasteiger partial charge in [0.05, 0.1) is 6.61 Å². The standard InChI is InChI=1S/C11H15N3O2/c1-8-2-3-13-10(6-8)14-11(15)9-7-12-4-5-16-9/h2-3,6,9,12H,4-5,7H2,1H3,(H,13,14,15). The number of aromatic nitrogens is 1. The number of ether oxygens (including phenoxy) is 1. The monoisotopic (exact) mass is 221 g/mol. The van der Waals surface area contributed by atoms with Gasteiger partial charge in [0.15, 0.2) is 0 Å². The highest BCUT2D eigenvalue weighted by atomic mass is 16.5. The predicted molar refractivity (Wildman–Crippen MR) is 60.2 cm³/mol. The molecule has 0 spiro atoms. The van der Waals surface area contributed by atoms with Crippen LogP contribution in [0.1, 0.15) is 5.56 Å². The van der Waals surface area contributed by atoms with Crippen LogP contribution >= 0.6 is 0 Å². The summed E-state index contributed by atoms with van der Waals surface area (Å²) in [6, 6.07) is 3.71. The Morgan fingerprint density at radius 2 is 2.56 bits per heavy atom. The average molecular weight is 221 g/mol. The maximum Gasteiger partial charge on any atom is 0.255 e. The number of carbonyl (C=O) groups is 1. The highest BCUT2D eigenvalue weighted by Crippen LogP contribution is 2.07. The Morgan fingerprint density at radius 3 is 3.25 bits per heavy atom. The number of pyridine rings is 1. The summed E-state index contributed by atoms with van der Waals surface area (Å²) in [5.41, 5.74) is 1.06. The molecule has 1 aliphatic rings. The maximum atomic E-state index is 11.8. The number of rotatable bonds is 2. The minimum Gasteiger partial charge on any atom is -0.366 e. The van der Waals surface area contributed by atoms with Crippen LogP contribution in [0.4, 0.5) is 5.82 Å². The van der Waals surface area contributed by atoms with Gasteiger partial charge in [0.2, 0.25) is 0 Å². The van der Waals surface area contributed by atoms with Gasteiger partial charge >= 0.3 is 0 Å². The van der Waals surface area contributed by atoms with E-state index in [0.717, 1.165) is 12.1 Å². The van der Waals surface area contributed by atoms with Gasteiger partial charge in [0.1, 0.15) is 11.9 Å². The van der Waals surface area contributed by atoms with Gasteiger partial charge in [0, 0.05) is 19.3 Å². The normalized spacial score (nSPS) is 20.4. The number of nitrogens with one attached hydrogen (secondary N) is 2. The van der Waals surface area contributed by atoms with Crippen molar-refractivity contribution >= 4 is 11.7 Å². The molecule has 1 unspecified atom stereocenters. The minimum atomic E-state index is -0.420. The Balaban J connectivity index is 1.96. The number of aryl methyl sites for hydroxylation is 1. The van der Waals surface area contributed by atoms with Crippen LogP contribution in [0.5, 0.6) is 0 Å². The van der Waals surface area contributed by atoms with Crippen LogP contribution < -0.4 is 10.6 Å². The van der Waals surface area contributed by atoms with Crippen molar-refractivity contribution in [3.63, 3.8) is 0 Å². The number of carbonyl (C=O) groups excluding carboxylic acids is 1. The highest BCUT2D eigenvalue weighted by Gasteiger charge is 2.21. The van der Waals surface area contributed by atoms with Crippen molar-refractivity contribution in [3.8, 4) is 0 Å². The summed E-state index contributed by atoms with van der Waals surface area (Å²) >= 11 is 0. The lowest BCUT2D eigenvalue weighted by Crippen LogP contribution is -2.45. The molecule has 1 amide bonds. The van der Waals surface area contributed by atoms with Crippen molar-refractivity contribution in [1.82, 2.24) is 10.3 Å². The molecule has 5 heteroatoms. The van der Waals surface area contributed by atoms with Crippen LogP contribution in [0.25, 0.3) is 0 Å². The number of nitrogens with zero attached hydrogens (tertiary/aromatic N) is 1. The summed E-state index contributed by atoms with van der Waals surface area (Å²) in [6.07, 6.45) is 1.25. The molecule has 1 fully saturated rings. The molecular formula is C11H15N3O2. The third kappa shape index (κ3) is 2.77. The topological polar surface area (TPSA) is 63.2 Å². The molecule has 1 aromatic rings. The number of morpholine rings is 1. The Bertz CT molecular complexity index is 375. The second kappa shape index (κ2) is 5.05. The Morgan fingerprint density at radius 1 is 1.69 bits per heavy atom. The summed E-state index contributed by atoms with van der Waals surface area (Å²) in [5, 5.41) is 5.84. The number of hydrogen-bond acceptors (Lipinski definition) is 4. The highest BCUT2D eigenvalue weighted by molar-refractivity contribution is 5.93. The zero-order valence-electron chi connectivity index (χ0n) is 9.19. The average Bonchev–Trinajstić information content (AvgIpc) is 2.30. The van der Waals surface area contributed by atoms with Gasteiger partial charge in [-0.2, -0.15) is 0 Å². The van der Waals surface area contributed by atoms with E-state index in [4.69, 9.17) is 4.74 Å². The molecule has 0 aliphatic carbocycles. The molecule has 1 atom stereocenters. The first-order chi connectivity index (χ1) is 7.75. The molecule has 0 saturated carbocycles. The number of anilines is 1. The van der Waals surface area contributed by atoms with Gasteiger partial charge in [-0.25, -0.2) is 4.98 Å². The largest absolute Gasteiger partial charge is 0.366 e. The van der Waals surface area contributed by atoms with Crippen LogP contribution in [0, 0.1) is 6.92 Å². The first kappa shape index (κ1) is 11.0. The van der Waals surface area contributed by atoms with Crippen LogP contribution in [0.2, 0.25) is 0 Å². The van der Waals surface area contributed by atoms with E-state index in [2.05, 4.69) is 15.6 Å². The second-order valence-electron chi connectivity index (χ2n) is 3.77. The Labute approximate surface area is 94.2 Å². The predicted octanol–water partition coefficient (Wildman–Crippen LogP) is 0.317. The van der Waals surface area contributed by atoms with E-state index in [1.54, 1.807) is 6.20 Å². The lowest BCUT2D eigenvalue weighted by atomic mass is 10.2. The van der Waals surface area contributed by atoms with Crippen LogP contribution in [-0.2, 0) is 9.53 Å². The summed E-state index contributed by atoms with van der Waals surface area (Å²) in [5.74, 6) is 0.421. The van der Waals surface area contributed by atoms with E-state index < -0.39 is 6.10 Å². The molecule has 0 radical (unpaired) electrons. The fourth-order valence-corrected chi connectivity index (χ4v) is 1.55. The van der Waals surface area contributed by atoms with Gasteiger partial charge in [0.25, 0.3) is 5.91 Å². The summed E-state index contributed by atoms with van der Waals surface area (Å²) in [7, 11) is 0. The van der Waals surface area contributed by atoms with Crippen molar-refractivity contribution < 1.29 is 9.53 Å². The van der Waals surface area contributed by atoms with Gasteiger partial charge in [-0.3, -0.25) is 4.79 Å². The molecule has 0 bridgehead atoms. The molecular weight excluding hydrogens is 206 g/mol. The maximum absolute atomic E-state index is 11.8. The van der Waals surface area contributed by atoms with Crippen molar-refractivity contribution in [2.75, 3.05) is 25.0 Å². The number of amides is 1. The fraction of sp³-hybridized carbons (Fsp3) is 0.455. The van der Waals surface area contributed by atoms with Crippen molar-refractivity contribution in [2.45, 2.75) is 13.0 Å². The van der Waals surface area contributed by atoms with Crippen molar-refractivity contribution in [3.05, 3.63) is 23.9 Å². The van der Waals surface area contributed by atoms with Gasteiger partial charge in [-0.1, -0.05) is 0 Å². The summed E-state index contributed by atoms with van der Waals surface area (Å²) < 4.78 is 5.34. The summed E-state index contributed by atoms with van der Waals surface area (Å²) in [4.78, 5) is 15.8. The lowest BCUT2D eigenvalue weighted by molar-refractivity contribution is -0.128. The van der Waals surface area contributed by atoms with Crippen molar-refractivity contribution in [2.24, 2.45) is 0 Å².